The fourth-order valence-corrected chi connectivity index (χ4v) is 6.08. The number of hydrogen-bond donors (Lipinski definition) is 0. The van der Waals surface area contributed by atoms with E-state index in [-0.39, 0.29) is 16.0 Å². The maximum atomic E-state index is 13.5. The van der Waals surface area contributed by atoms with E-state index in [4.69, 9.17) is 0 Å². The first kappa shape index (κ1) is 21.5. The van der Waals surface area contributed by atoms with Crippen molar-refractivity contribution >= 4 is 44.1 Å². The zero-order valence-electron chi connectivity index (χ0n) is 18.7. The Kier molecular flexibility index (Phi) is 4.98. The first-order valence-electron chi connectivity index (χ1n) is 10.8. The van der Waals surface area contributed by atoms with Gasteiger partial charge in [-0.25, -0.2) is 13.3 Å². The molecule has 8 nitrogen and oxygen atoms in total. The Morgan fingerprint density at radius 3 is 2.18 bits per heavy atom. The second kappa shape index (κ2) is 7.64. The summed E-state index contributed by atoms with van der Waals surface area (Å²) in [5.41, 5.74) is 2.75. The average Bonchev–Trinajstić information content (AvgIpc) is 3.42. The summed E-state index contributed by atoms with van der Waals surface area (Å²) in [6, 6.07) is 11.7. The predicted octanol–water partition coefficient (Wildman–Crippen LogP) is 3.19. The van der Waals surface area contributed by atoms with Crippen LogP contribution < -0.4 is 9.80 Å². The number of hydrogen-bond acceptors (Lipinski definition) is 6. The van der Waals surface area contributed by atoms with Gasteiger partial charge >= 0.3 is 0 Å². The minimum Gasteiger partial charge on any atom is -0.378 e. The molecule has 9 heteroatoms. The van der Waals surface area contributed by atoms with E-state index < -0.39 is 21.8 Å². The Bertz CT molecular complexity index is 1410. The largest absolute Gasteiger partial charge is 0.378 e. The molecule has 0 spiro atoms. The molecule has 1 aromatic heterocycles. The van der Waals surface area contributed by atoms with Crippen molar-refractivity contribution in [2.75, 3.05) is 37.0 Å². The van der Waals surface area contributed by atoms with Gasteiger partial charge in [0, 0.05) is 38.3 Å². The molecule has 3 heterocycles. The zero-order valence-corrected chi connectivity index (χ0v) is 19.5. The molecule has 2 aliphatic rings. The number of carbonyl (C=O) groups is 2. The number of anilines is 2. The number of amides is 2. The van der Waals surface area contributed by atoms with Crippen LogP contribution in [0.25, 0.3) is 10.9 Å². The van der Waals surface area contributed by atoms with E-state index in [1.807, 2.05) is 31.1 Å². The Morgan fingerprint density at radius 2 is 1.55 bits per heavy atom. The maximum absolute atomic E-state index is 13.5. The van der Waals surface area contributed by atoms with Gasteiger partial charge in [0.2, 0.25) is 10.0 Å². The lowest BCUT2D eigenvalue weighted by atomic mass is 10.0. The highest BCUT2D eigenvalue weighted by atomic mass is 32.2. The van der Waals surface area contributed by atoms with Gasteiger partial charge in [-0.3, -0.25) is 14.6 Å². The summed E-state index contributed by atoms with van der Waals surface area (Å²) in [6.07, 6.45) is 1.66. The van der Waals surface area contributed by atoms with Gasteiger partial charge in [0.25, 0.3) is 11.8 Å². The molecule has 0 atom stereocenters. The first-order chi connectivity index (χ1) is 15.7. The number of carbonyl (C=O) groups excluding carboxylic acids is 2. The van der Waals surface area contributed by atoms with Crippen LogP contribution in [0.1, 0.15) is 39.3 Å². The smallest absolute Gasteiger partial charge is 0.268 e. The number of imide groups is 1. The molecule has 170 valence electrons. The van der Waals surface area contributed by atoms with E-state index in [2.05, 4.69) is 4.98 Å². The molecular formula is C24H24N4O4S. The highest BCUT2D eigenvalue weighted by Gasteiger charge is 2.40. The van der Waals surface area contributed by atoms with Crippen LogP contribution >= 0.6 is 0 Å². The molecule has 5 rings (SSSR count). The third-order valence-corrected chi connectivity index (χ3v) is 8.19. The summed E-state index contributed by atoms with van der Waals surface area (Å²) < 4.78 is 27.7. The molecule has 0 bridgehead atoms. The summed E-state index contributed by atoms with van der Waals surface area (Å²) in [4.78, 5) is 34.5. The van der Waals surface area contributed by atoms with Crippen molar-refractivity contribution in [3.8, 4) is 0 Å². The van der Waals surface area contributed by atoms with Crippen LogP contribution in [-0.2, 0) is 10.0 Å². The molecule has 0 radical (unpaired) electrons. The van der Waals surface area contributed by atoms with E-state index >= 15 is 0 Å². The van der Waals surface area contributed by atoms with Crippen molar-refractivity contribution < 1.29 is 18.0 Å². The van der Waals surface area contributed by atoms with Crippen molar-refractivity contribution in [2.45, 2.75) is 24.7 Å². The fraction of sp³-hybridized carbons (Fsp3) is 0.292. The SMILES string of the molecule is Cc1nc2ccc(S(=O)(=O)N3CCCC3)cc2c2c1C(=O)N(c1ccc(N(C)C)cc1)C2=O. The fourth-order valence-electron chi connectivity index (χ4n) is 4.54. The van der Waals surface area contributed by atoms with Crippen LogP contribution in [0.2, 0.25) is 0 Å². The van der Waals surface area contributed by atoms with Crippen molar-refractivity contribution in [3.63, 3.8) is 0 Å². The Labute approximate surface area is 192 Å². The number of benzene rings is 2. The minimum absolute atomic E-state index is 0.110. The van der Waals surface area contributed by atoms with Gasteiger partial charge < -0.3 is 4.90 Å². The molecular weight excluding hydrogens is 440 g/mol. The predicted molar refractivity (Wildman–Crippen MR) is 126 cm³/mol. The van der Waals surface area contributed by atoms with Gasteiger partial charge in [-0.15, -0.1) is 0 Å². The normalized spacial score (nSPS) is 16.6. The molecule has 33 heavy (non-hydrogen) atoms. The molecule has 1 fully saturated rings. The number of nitrogens with zero attached hydrogens (tertiary/aromatic N) is 4. The number of sulfonamides is 1. The lowest BCUT2D eigenvalue weighted by Gasteiger charge is -2.17. The van der Waals surface area contributed by atoms with E-state index in [9.17, 15) is 18.0 Å². The summed E-state index contributed by atoms with van der Waals surface area (Å²) >= 11 is 0. The molecule has 0 N–H and O–H groups in total. The van der Waals surface area contributed by atoms with Crippen molar-refractivity contribution in [1.29, 1.82) is 0 Å². The van der Waals surface area contributed by atoms with E-state index in [0.717, 1.165) is 23.4 Å². The van der Waals surface area contributed by atoms with Gasteiger partial charge in [0.05, 0.1) is 32.9 Å². The summed E-state index contributed by atoms with van der Waals surface area (Å²) in [5.74, 6) is -0.925. The molecule has 0 saturated carbocycles. The standard InChI is InChI=1S/C24H24N4O4S/c1-15-21-22(24(30)28(23(21)29)17-8-6-16(7-9-17)26(2)3)19-14-18(10-11-20(19)25-15)33(31,32)27-12-4-5-13-27/h6-11,14H,4-5,12-13H2,1-3H3. The highest BCUT2D eigenvalue weighted by molar-refractivity contribution is 7.89. The maximum Gasteiger partial charge on any atom is 0.268 e. The third-order valence-electron chi connectivity index (χ3n) is 6.30. The average molecular weight is 465 g/mol. The Balaban J connectivity index is 1.64. The number of fused-ring (bicyclic) bond motifs is 3. The lowest BCUT2D eigenvalue weighted by molar-refractivity contribution is 0.0926. The first-order valence-corrected chi connectivity index (χ1v) is 12.2. The summed E-state index contributed by atoms with van der Waals surface area (Å²) in [6.45, 7) is 2.66. The summed E-state index contributed by atoms with van der Waals surface area (Å²) in [5, 5.41) is 0.377. The molecule has 2 aromatic carbocycles. The van der Waals surface area contributed by atoms with Gasteiger partial charge in [-0.1, -0.05) is 0 Å². The van der Waals surface area contributed by atoms with Crippen molar-refractivity contribution in [3.05, 3.63) is 59.3 Å². The van der Waals surface area contributed by atoms with Crippen LogP contribution in [0.5, 0.6) is 0 Å². The number of aromatic nitrogens is 1. The molecule has 3 aromatic rings. The van der Waals surface area contributed by atoms with Crippen LogP contribution in [0.15, 0.2) is 47.4 Å². The lowest BCUT2D eigenvalue weighted by Crippen LogP contribution is -2.29. The number of aryl methyl sites for hydroxylation is 1. The quantitative estimate of drug-likeness (QED) is 0.551. The second-order valence-corrected chi connectivity index (χ2v) is 10.5. The van der Waals surface area contributed by atoms with E-state index in [0.29, 0.717) is 35.4 Å². The monoisotopic (exact) mass is 464 g/mol. The van der Waals surface area contributed by atoms with Crippen LogP contribution in [0.3, 0.4) is 0 Å². The molecule has 1 saturated heterocycles. The van der Waals surface area contributed by atoms with Gasteiger partial charge in [0.15, 0.2) is 0 Å². The van der Waals surface area contributed by atoms with Crippen LogP contribution in [0.4, 0.5) is 11.4 Å². The number of rotatable bonds is 4. The minimum atomic E-state index is -3.68. The van der Waals surface area contributed by atoms with E-state index in [1.165, 1.54) is 16.4 Å². The Morgan fingerprint density at radius 1 is 0.909 bits per heavy atom. The number of pyridine rings is 1. The molecule has 2 aliphatic heterocycles. The van der Waals surface area contributed by atoms with Gasteiger partial charge in [0.1, 0.15) is 0 Å². The zero-order chi connectivity index (χ0) is 23.5. The summed E-state index contributed by atoms with van der Waals surface area (Å²) in [7, 11) is 0.141. The second-order valence-electron chi connectivity index (χ2n) is 8.59. The Hall–Kier alpha value is -3.30. The molecule has 2 amide bonds. The third kappa shape index (κ3) is 3.30. The van der Waals surface area contributed by atoms with Crippen LogP contribution in [0, 0.1) is 6.92 Å². The topological polar surface area (TPSA) is 90.9 Å². The van der Waals surface area contributed by atoms with Gasteiger partial charge in [-0.2, -0.15) is 4.31 Å². The highest BCUT2D eigenvalue weighted by Crippen LogP contribution is 2.36. The molecule has 0 aliphatic carbocycles. The molecule has 0 unspecified atom stereocenters. The van der Waals surface area contributed by atoms with Crippen molar-refractivity contribution in [2.24, 2.45) is 0 Å². The van der Waals surface area contributed by atoms with Crippen LogP contribution in [-0.4, -0.2) is 56.7 Å². The van der Waals surface area contributed by atoms with E-state index in [1.54, 1.807) is 25.1 Å². The van der Waals surface area contributed by atoms with Crippen molar-refractivity contribution in [1.82, 2.24) is 9.29 Å². The van der Waals surface area contributed by atoms with Gasteiger partial charge in [-0.05, 0) is 62.2 Å².